The Labute approximate surface area is 180 Å². The van der Waals surface area contributed by atoms with E-state index in [0.29, 0.717) is 27.5 Å². The van der Waals surface area contributed by atoms with Crippen molar-refractivity contribution in [3.05, 3.63) is 24.2 Å². The molecular weight excluding hydrogens is 406 g/mol. The van der Waals surface area contributed by atoms with E-state index in [0.717, 1.165) is 17.9 Å². The molecule has 0 N–H and O–H groups in total. The number of hydrogen-bond acceptors (Lipinski definition) is 5. The fourth-order valence-corrected chi connectivity index (χ4v) is 11.4. The van der Waals surface area contributed by atoms with Gasteiger partial charge in [-0.05, 0) is 35.2 Å². The van der Waals surface area contributed by atoms with Crippen LogP contribution in [-0.4, -0.2) is 35.7 Å². The highest BCUT2D eigenvalue weighted by molar-refractivity contribution is 8.23. The fraction of sp³-hybridized carbons (Fsp3) is 0.714. The zero-order valence-corrected chi connectivity index (χ0v) is 20.9. The molecule has 2 rings (SSSR count). The topological polar surface area (TPSA) is 42.7 Å². The summed E-state index contributed by atoms with van der Waals surface area (Å²) in [5.74, 6) is 1.40. The predicted molar refractivity (Wildman–Crippen MR) is 124 cm³/mol. The smallest absolute Gasteiger partial charge is 0.233 e. The predicted octanol–water partition coefficient (Wildman–Crippen LogP) is 6.40. The number of rotatable bonds is 8. The van der Waals surface area contributed by atoms with Gasteiger partial charge in [-0.25, -0.2) is 0 Å². The quantitative estimate of drug-likeness (QED) is 0.345. The summed E-state index contributed by atoms with van der Waals surface area (Å²) >= 11 is 7.05. The molecule has 4 nitrogen and oxygen atoms in total. The maximum atomic E-state index is 13.4. The summed E-state index contributed by atoms with van der Waals surface area (Å²) in [5.41, 5.74) is 1.29. The monoisotopic (exact) mass is 441 g/mol. The lowest BCUT2D eigenvalue weighted by Crippen LogP contribution is -2.51. The molecule has 1 amide bonds. The summed E-state index contributed by atoms with van der Waals surface area (Å²) in [6, 6.07) is 3.80. The van der Waals surface area contributed by atoms with E-state index in [1.165, 1.54) is 0 Å². The highest BCUT2D eigenvalue weighted by atomic mass is 32.2. The van der Waals surface area contributed by atoms with Crippen LogP contribution in [-0.2, 0) is 9.22 Å². The molecule has 28 heavy (non-hydrogen) atoms. The van der Waals surface area contributed by atoms with Crippen LogP contribution >= 0.6 is 24.0 Å². The van der Waals surface area contributed by atoms with Gasteiger partial charge in [0.1, 0.15) is 16.2 Å². The average Bonchev–Trinajstić information content (AvgIpc) is 3.15. The van der Waals surface area contributed by atoms with E-state index in [1.807, 2.05) is 19.1 Å². The minimum atomic E-state index is -2.19. The highest BCUT2D eigenvalue weighted by Gasteiger charge is 2.49. The van der Waals surface area contributed by atoms with Crippen LogP contribution in [0.1, 0.15) is 66.8 Å². The molecule has 1 aliphatic heterocycles. The van der Waals surface area contributed by atoms with Gasteiger partial charge in [-0.3, -0.25) is 9.69 Å². The van der Waals surface area contributed by atoms with Crippen LogP contribution in [0.2, 0.25) is 16.6 Å². The van der Waals surface area contributed by atoms with Crippen molar-refractivity contribution in [2.24, 2.45) is 5.92 Å². The lowest BCUT2D eigenvalue weighted by molar-refractivity contribution is -0.134. The Morgan fingerprint density at radius 2 is 1.79 bits per heavy atom. The van der Waals surface area contributed by atoms with Crippen molar-refractivity contribution in [2.45, 2.75) is 77.6 Å². The number of carbonyl (C=O) groups excluding carboxylic acids is 1. The first-order valence-electron chi connectivity index (χ1n) is 10.3. The van der Waals surface area contributed by atoms with Crippen molar-refractivity contribution in [3.63, 3.8) is 0 Å². The molecule has 1 aromatic rings. The van der Waals surface area contributed by atoms with E-state index in [4.69, 9.17) is 21.1 Å². The summed E-state index contributed by atoms with van der Waals surface area (Å²) < 4.78 is 13.5. The van der Waals surface area contributed by atoms with Gasteiger partial charge in [-0.2, -0.15) is 0 Å². The van der Waals surface area contributed by atoms with E-state index in [-0.39, 0.29) is 11.8 Å². The first kappa shape index (κ1) is 23.6. The van der Waals surface area contributed by atoms with Crippen molar-refractivity contribution in [1.82, 2.24) is 4.90 Å². The van der Waals surface area contributed by atoms with Crippen molar-refractivity contribution >= 4 is 42.5 Å². The molecular formula is C21H35NO3S2Si. The molecule has 0 bridgehead atoms. The van der Waals surface area contributed by atoms with Crippen LogP contribution < -0.4 is 0 Å². The molecule has 0 aliphatic carbocycles. The second kappa shape index (κ2) is 9.91. The van der Waals surface area contributed by atoms with Crippen molar-refractivity contribution < 1.29 is 13.6 Å². The average molecular weight is 442 g/mol. The van der Waals surface area contributed by atoms with E-state index < -0.39 is 14.4 Å². The minimum Gasteiger partial charge on any atom is -0.467 e. The van der Waals surface area contributed by atoms with Crippen molar-refractivity contribution in [1.29, 1.82) is 0 Å². The zero-order chi connectivity index (χ0) is 21.1. The van der Waals surface area contributed by atoms with Gasteiger partial charge >= 0.3 is 0 Å². The SMILES string of the molecule is CC(C)[Si](O[C@@H](c1ccco1)[C@H](C)C(=O)N1CCCSC1=S)(C(C)C)C(C)C. The number of hydrogen-bond donors (Lipinski definition) is 0. The number of thioether (sulfide) groups is 1. The van der Waals surface area contributed by atoms with Gasteiger partial charge < -0.3 is 8.84 Å². The summed E-state index contributed by atoms with van der Waals surface area (Å²) in [7, 11) is -2.19. The number of amides is 1. The van der Waals surface area contributed by atoms with Gasteiger partial charge in [0.2, 0.25) is 14.2 Å². The highest BCUT2D eigenvalue weighted by Crippen LogP contribution is 2.47. The summed E-state index contributed by atoms with van der Waals surface area (Å²) in [4.78, 5) is 15.1. The van der Waals surface area contributed by atoms with E-state index in [9.17, 15) is 4.79 Å². The molecule has 158 valence electrons. The number of thiocarbonyl (C=S) groups is 1. The maximum Gasteiger partial charge on any atom is 0.233 e. The Hall–Kier alpha value is -0.633. The van der Waals surface area contributed by atoms with Crippen LogP contribution in [0.3, 0.4) is 0 Å². The minimum absolute atomic E-state index is 0.0396. The van der Waals surface area contributed by atoms with Gasteiger partial charge in [0.25, 0.3) is 0 Å². The maximum absolute atomic E-state index is 13.4. The third kappa shape index (κ3) is 4.74. The van der Waals surface area contributed by atoms with E-state index in [2.05, 4.69) is 41.5 Å². The largest absolute Gasteiger partial charge is 0.467 e. The van der Waals surface area contributed by atoms with Crippen LogP contribution in [0.15, 0.2) is 22.8 Å². The van der Waals surface area contributed by atoms with Crippen LogP contribution in [0.5, 0.6) is 0 Å². The lowest BCUT2D eigenvalue weighted by Gasteiger charge is -2.45. The van der Waals surface area contributed by atoms with Crippen molar-refractivity contribution in [3.8, 4) is 0 Å². The third-order valence-corrected chi connectivity index (χ3v) is 13.6. The molecule has 0 saturated carbocycles. The first-order chi connectivity index (χ1) is 13.1. The molecule has 1 saturated heterocycles. The number of carbonyl (C=O) groups is 1. The Balaban J connectivity index is 2.39. The Kier molecular flexibility index (Phi) is 8.37. The third-order valence-electron chi connectivity index (χ3n) is 5.94. The normalized spacial score (nSPS) is 18.2. The summed E-state index contributed by atoms with van der Waals surface area (Å²) in [6.07, 6.45) is 2.24. The molecule has 1 fully saturated rings. The Bertz CT molecular complexity index is 639. The molecule has 0 unspecified atom stereocenters. The molecule has 0 aromatic carbocycles. The summed E-state index contributed by atoms with van der Waals surface area (Å²) in [6.45, 7) is 16.2. The van der Waals surface area contributed by atoms with Gasteiger partial charge in [0, 0.05) is 12.3 Å². The summed E-state index contributed by atoms with van der Waals surface area (Å²) in [5, 5.41) is 0. The molecule has 1 aliphatic rings. The van der Waals surface area contributed by atoms with E-state index in [1.54, 1.807) is 22.9 Å². The number of nitrogens with zero attached hydrogens (tertiary/aromatic N) is 1. The second-order valence-electron chi connectivity index (χ2n) is 8.62. The van der Waals surface area contributed by atoms with Crippen LogP contribution in [0, 0.1) is 5.92 Å². The van der Waals surface area contributed by atoms with Gasteiger partial charge in [0.05, 0.1) is 12.2 Å². The zero-order valence-electron chi connectivity index (χ0n) is 18.2. The molecule has 2 atom stereocenters. The van der Waals surface area contributed by atoms with Crippen LogP contribution in [0.25, 0.3) is 0 Å². The molecule has 7 heteroatoms. The second-order valence-corrected chi connectivity index (χ2v) is 15.8. The fourth-order valence-electron chi connectivity index (χ4n) is 4.61. The molecule has 0 radical (unpaired) electrons. The molecule has 0 spiro atoms. The van der Waals surface area contributed by atoms with Gasteiger partial charge in [0.15, 0.2) is 0 Å². The molecule has 2 heterocycles. The van der Waals surface area contributed by atoms with Crippen molar-refractivity contribution in [2.75, 3.05) is 12.3 Å². The van der Waals surface area contributed by atoms with Gasteiger partial charge in [-0.15, -0.1) is 0 Å². The molecule has 1 aromatic heterocycles. The Morgan fingerprint density at radius 3 is 2.25 bits per heavy atom. The van der Waals surface area contributed by atoms with Gasteiger partial charge in [-0.1, -0.05) is 72.4 Å². The number of furan rings is 1. The van der Waals surface area contributed by atoms with E-state index >= 15 is 0 Å². The van der Waals surface area contributed by atoms with Crippen LogP contribution in [0.4, 0.5) is 0 Å². The standard InChI is InChI=1S/C21H35NO3S2Si/c1-14(2)28(15(3)4,16(5)6)25-19(18-10-8-12-24-18)17(7)20(23)22-11-9-13-27-21(22)26/h8,10,12,14-17,19H,9,11,13H2,1-7H3/t17-,19+/m0/s1. The first-order valence-corrected chi connectivity index (χ1v) is 13.9. The lowest BCUT2D eigenvalue weighted by atomic mass is 10.0. The Morgan fingerprint density at radius 1 is 1.18 bits per heavy atom.